The predicted octanol–water partition coefficient (Wildman–Crippen LogP) is 5.68. The van der Waals surface area contributed by atoms with Crippen molar-refractivity contribution < 1.29 is 37.7 Å². The molecule has 1 aliphatic heterocycles. The Balaban J connectivity index is 1.40. The molecule has 2 aliphatic rings. The Morgan fingerprint density at radius 2 is 1.80 bits per heavy atom. The van der Waals surface area contributed by atoms with Gasteiger partial charge in [0.15, 0.2) is 5.75 Å². The van der Waals surface area contributed by atoms with Crippen LogP contribution in [0.5, 0.6) is 23.0 Å². The number of rotatable bonds is 9. The summed E-state index contributed by atoms with van der Waals surface area (Å²) in [5.41, 5.74) is 0.248. The van der Waals surface area contributed by atoms with Crippen molar-refractivity contribution in [3.63, 3.8) is 0 Å². The molecular weight excluding hydrogens is 620 g/mol. The Bertz CT molecular complexity index is 1830. The topological polar surface area (TPSA) is 126 Å². The Labute approximate surface area is 268 Å². The molecule has 0 fully saturated rings. The minimum atomic E-state index is -1.94. The summed E-state index contributed by atoms with van der Waals surface area (Å²) in [5, 5.41) is 5.87. The molecule has 1 aliphatic carbocycles. The van der Waals surface area contributed by atoms with Gasteiger partial charge in [-0.1, -0.05) is 18.5 Å². The maximum Gasteiger partial charge on any atom is 0.237 e. The zero-order valence-corrected chi connectivity index (χ0v) is 26.9. The van der Waals surface area contributed by atoms with Gasteiger partial charge in [-0.05, 0) is 31.2 Å². The Morgan fingerprint density at radius 3 is 2.44 bits per heavy atom. The summed E-state index contributed by atoms with van der Waals surface area (Å²) in [6.07, 6.45) is 0.615. The fourth-order valence-electron chi connectivity index (χ4n) is 6.03. The highest BCUT2D eigenvalue weighted by Crippen LogP contribution is 2.54. The van der Waals surface area contributed by atoms with E-state index >= 15 is 0 Å². The quantitative estimate of drug-likeness (QED) is 0.228. The normalized spacial score (nSPS) is 18.4. The summed E-state index contributed by atoms with van der Waals surface area (Å²) in [6, 6.07) is 8.62. The second-order valence-electron chi connectivity index (χ2n) is 11.0. The highest BCUT2D eigenvalue weighted by molar-refractivity contribution is 7.09. The Hall–Kier alpha value is -4.35. The van der Waals surface area contributed by atoms with Crippen molar-refractivity contribution in [3.8, 4) is 34.3 Å². The molecule has 2 aromatic heterocycles. The molecule has 45 heavy (non-hydrogen) atoms. The molecule has 2 aromatic carbocycles. The average Bonchev–Trinajstić information content (AvgIpc) is 3.71. The number of hydrogen-bond acceptors (Lipinski definition) is 10. The maximum atomic E-state index is 14.7. The standard InChI is InChI=1S/C33H31ClN2O8S/c1-16-12-22-26(31(38)33(16)32(39)27-21(41-4)14-23(42-5)28(34)30(27)44-33)20(29(43-22)18-6-8-19(40-3)9-7-18)13-24(37)35-11-10-25-36-17(2)15-45-25/h6-9,14-16H,10-13H2,1-5H3,(H,35,37). The molecule has 2 unspecified atom stereocenters. The van der Waals surface area contributed by atoms with Gasteiger partial charge in [0, 0.05) is 53.6 Å². The number of hydrogen-bond donors (Lipinski definition) is 1. The number of benzene rings is 2. The summed E-state index contributed by atoms with van der Waals surface area (Å²) < 4.78 is 28.8. The van der Waals surface area contributed by atoms with Crippen LogP contribution in [0.25, 0.3) is 11.3 Å². The lowest BCUT2D eigenvalue weighted by Crippen LogP contribution is -2.56. The molecule has 12 heteroatoms. The van der Waals surface area contributed by atoms with E-state index in [2.05, 4.69) is 10.3 Å². The van der Waals surface area contributed by atoms with Crippen molar-refractivity contribution in [1.29, 1.82) is 0 Å². The number of furan rings is 1. The second kappa shape index (κ2) is 11.9. The number of methoxy groups -OCH3 is 3. The summed E-state index contributed by atoms with van der Waals surface area (Å²) >= 11 is 8.13. The van der Waals surface area contributed by atoms with Crippen molar-refractivity contribution in [2.75, 3.05) is 27.9 Å². The number of halogens is 1. The first-order valence-corrected chi connectivity index (χ1v) is 15.6. The molecule has 0 bridgehead atoms. The van der Waals surface area contributed by atoms with E-state index in [1.807, 2.05) is 12.3 Å². The van der Waals surface area contributed by atoms with Crippen molar-refractivity contribution >= 4 is 40.4 Å². The van der Waals surface area contributed by atoms with Crippen molar-refractivity contribution in [2.24, 2.45) is 5.92 Å². The van der Waals surface area contributed by atoms with Crippen LogP contribution < -0.4 is 24.3 Å². The van der Waals surface area contributed by atoms with E-state index in [4.69, 9.17) is 35.0 Å². The molecule has 0 saturated carbocycles. The second-order valence-corrected chi connectivity index (χ2v) is 12.3. The lowest BCUT2D eigenvalue weighted by atomic mass is 9.70. The van der Waals surface area contributed by atoms with Gasteiger partial charge in [-0.15, -0.1) is 11.3 Å². The van der Waals surface area contributed by atoms with Crippen LogP contribution in [0.15, 0.2) is 40.1 Å². The SMILES string of the molecule is COc1ccc(-c2oc3c(c2CC(=O)NCCc2nc(C)cs2)C(=O)C2(Oc4c(Cl)c(OC)cc(OC)c4C2=O)C(C)C3)cc1. The third-order valence-electron chi connectivity index (χ3n) is 8.27. The van der Waals surface area contributed by atoms with Crippen LogP contribution in [0.2, 0.25) is 5.02 Å². The van der Waals surface area contributed by atoms with E-state index < -0.39 is 23.1 Å². The van der Waals surface area contributed by atoms with Crippen LogP contribution >= 0.6 is 22.9 Å². The van der Waals surface area contributed by atoms with Crippen LogP contribution in [-0.2, 0) is 24.1 Å². The van der Waals surface area contributed by atoms with Crippen LogP contribution in [0.1, 0.15) is 49.7 Å². The van der Waals surface area contributed by atoms with Crippen molar-refractivity contribution in [3.05, 3.63) is 73.9 Å². The zero-order valence-electron chi connectivity index (χ0n) is 25.4. The molecule has 0 radical (unpaired) electrons. The number of carbonyl (C=O) groups excluding carboxylic acids is 3. The summed E-state index contributed by atoms with van der Waals surface area (Å²) in [7, 11) is 4.41. The third-order valence-corrected chi connectivity index (χ3v) is 9.65. The van der Waals surface area contributed by atoms with E-state index in [1.165, 1.54) is 31.6 Å². The summed E-state index contributed by atoms with van der Waals surface area (Å²) in [5.74, 6) is -0.275. The number of thiazole rings is 1. The van der Waals surface area contributed by atoms with Gasteiger partial charge in [-0.25, -0.2) is 4.98 Å². The lowest BCUT2D eigenvalue weighted by Gasteiger charge is -2.35. The van der Waals surface area contributed by atoms with E-state index in [-0.39, 0.29) is 52.1 Å². The number of nitrogens with zero attached hydrogens (tertiary/aromatic N) is 1. The minimum absolute atomic E-state index is 0.0251. The molecule has 1 spiro atoms. The van der Waals surface area contributed by atoms with Gasteiger partial charge in [-0.2, -0.15) is 0 Å². The van der Waals surface area contributed by atoms with Crippen LogP contribution in [0.4, 0.5) is 0 Å². The molecule has 0 saturated heterocycles. The fraction of sp³-hybridized carbons (Fsp3) is 0.333. The average molecular weight is 651 g/mol. The van der Waals surface area contributed by atoms with E-state index in [1.54, 1.807) is 38.3 Å². The number of ketones is 2. The minimum Gasteiger partial charge on any atom is -0.497 e. The first kappa shape index (κ1) is 30.7. The van der Waals surface area contributed by atoms with Crippen molar-refractivity contribution in [2.45, 2.75) is 38.7 Å². The first-order chi connectivity index (χ1) is 21.6. The van der Waals surface area contributed by atoms with Gasteiger partial charge >= 0.3 is 0 Å². The summed E-state index contributed by atoms with van der Waals surface area (Å²) in [6.45, 7) is 4.05. The van der Waals surface area contributed by atoms with E-state index in [0.29, 0.717) is 41.4 Å². The number of ether oxygens (including phenoxy) is 4. The van der Waals surface area contributed by atoms with Gasteiger partial charge in [0.25, 0.3) is 0 Å². The molecule has 1 amide bonds. The smallest absolute Gasteiger partial charge is 0.237 e. The summed E-state index contributed by atoms with van der Waals surface area (Å²) in [4.78, 5) is 46.7. The number of amides is 1. The third kappa shape index (κ3) is 5.04. The van der Waals surface area contributed by atoms with Crippen LogP contribution in [0, 0.1) is 12.8 Å². The number of aryl methyl sites for hydroxylation is 1. The van der Waals surface area contributed by atoms with Gasteiger partial charge in [-0.3, -0.25) is 14.4 Å². The van der Waals surface area contributed by atoms with Gasteiger partial charge in [0.1, 0.15) is 39.4 Å². The molecule has 10 nitrogen and oxygen atoms in total. The first-order valence-electron chi connectivity index (χ1n) is 14.3. The van der Waals surface area contributed by atoms with Gasteiger partial charge in [0.2, 0.25) is 23.1 Å². The Kier molecular flexibility index (Phi) is 8.09. The Morgan fingerprint density at radius 1 is 1.09 bits per heavy atom. The van der Waals surface area contributed by atoms with Crippen molar-refractivity contribution in [1.82, 2.24) is 10.3 Å². The van der Waals surface area contributed by atoms with Crippen LogP contribution in [0.3, 0.4) is 0 Å². The maximum absolute atomic E-state index is 14.7. The number of carbonyl (C=O) groups is 3. The molecule has 4 aromatic rings. The van der Waals surface area contributed by atoms with E-state index in [9.17, 15) is 14.4 Å². The zero-order chi connectivity index (χ0) is 32.0. The molecule has 1 N–H and O–H groups in total. The molecular formula is C33H31ClN2O8S. The predicted molar refractivity (Wildman–Crippen MR) is 167 cm³/mol. The monoisotopic (exact) mass is 650 g/mol. The highest BCUT2D eigenvalue weighted by atomic mass is 35.5. The van der Waals surface area contributed by atoms with Gasteiger partial charge < -0.3 is 28.7 Å². The highest BCUT2D eigenvalue weighted by Gasteiger charge is 2.63. The van der Waals surface area contributed by atoms with Gasteiger partial charge in [0.05, 0.1) is 38.3 Å². The molecule has 2 atom stereocenters. The lowest BCUT2D eigenvalue weighted by molar-refractivity contribution is -0.120. The largest absolute Gasteiger partial charge is 0.497 e. The van der Waals surface area contributed by atoms with E-state index in [0.717, 1.165) is 10.7 Å². The number of Topliss-reactive ketones (excluding diaryl/α,β-unsaturated/α-hetero) is 2. The number of fused-ring (bicyclic) bond motifs is 2. The molecule has 3 heterocycles. The number of nitrogens with one attached hydrogen (secondary N) is 1. The molecule has 6 rings (SSSR count). The fourth-order valence-corrected chi connectivity index (χ4v) is 7.07. The number of aromatic nitrogens is 1. The molecule has 234 valence electrons. The van der Waals surface area contributed by atoms with Crippen LogP contribution in [-0.4, -0.2) is 55.9 Å².